The second-order valence-electron chi connectivity index (χ2n) is 5.36. The van der Waals surface area contributed by atoms with Gasteiger partial charge in [0.05, 0.1) is 17.9 Å². The summed E-state index contributed by atoms with van der Waals surface area (Å²) in [4.78, 5) is 0. The molecule has 1 saturated carbocycles. The number of aliphatic hydroxyl groups is 1. The normalized spacial score (nSPS) is 25.9. The molecule has 0 aromatic heterocycles. The predicted octanol–water partition coefficient (Wildman–Crippen LogP) is 0.550. The van der Waals surface area contributed by atoms with Crippen molar-refractivity contribution in [2.24, 2.45) is 0 Å². The Morgan fingerprint density at radius 3 is 2.50 bits per heavy atom. The maximum atomic E-state index is 12.1. The van der Waals surface area contributed by atoms with Gasteiger partial charge >= 0.3 is 0 Å². The molecule has 108 valence electrons. The fourth-order valence-electron chi connectivity index (χ4n) is 2.34. The molecule has 0 amide bonds. The number of aliphatic hydroxyl groups excluding tert-OH is 1. The maximum Gasteiger partial charge on any atom is 0.215 e. The van der Waals surface area contributed by atoms with Crippen molar-refractivity contribution in [2.45, 2.75) is 57.7 Å². The van der Waals surface area contributed by atoms with Crippen LogP contribution in [0, 0.1) is 0 Å². The zero-order valence-corrected chi connectivity index (χ0v) is 12.4. The molecule has 0 bridgehead atoms. The van der Waals surface area contributed by atoms with Crippen molar-refractivity contribution < 1.29 is 13.5 Å². The molecule has 18 heavy (non-hydrogen) atoms. The highest BCUT2D eigenvalue weighted by Gasteiger charge is 2.32. The molecule has 2 N–H and O–H groups in total. The Morgan fingerprint density at radius 2 is 1.94 bits per heavy atom. The third-order valence-corrected chi connectivity index (χ3v) is 5.38. The Hall–Kier alpha value is -0.170. The summed E-state index contributed by atoms with van der Waals surface area (Å²) in [6, 6.07) is 0.0357. The van der Waals surface area contributed by atoms with Crippen LogP contribution in [0.3, 0.4) is 0 Å². The molecule has 0 aliphatic heterocycles. The summed E-state index contributed by atoms with van der Waals surface area (Å²) in [5.41, 5.74) is 0. The molecule has 1 fully saturated rings. The number of nitrogens with one attached hydrogen (secondary N) is 1. The molecule has 1 aliphatic carbocycles. The quantitative estimate of drug-likeness (QED) is 0.744. The van der Waals surface area contributed by atoms with Crippen molar-refractivity contribution in [3.63, 3.8) is 0 Å². The summed E-state index contributed by atoms with van der Waals surface area (Å²) in [6.45, 7) is 4.43. The molecular formula is C12H26N2O3S. The van der Waals surface area contributed by atoms with Gasteiger partial charge in [-0.2, -0.15) is 4.31 Å². The van der Waals surface area contributed by atoms with Crippen LogP contribution in [-0.2, 0) is 10.0 Å². The van der Waals surface area contributed by atoms with Crippen molar-refractivity contribution in [3.05, 3.63) is 0 Å². The van der Waals surface area contributed by atoms with Crippen molar-refractivity contribution in [3.8, 4) is 0 Å². The monoisotopic (exact) mass is 278 g/mol. The van der Waals surface area contributed by atoms with Crippen LogP contribution >= 0.6 is 0 Å². The number of likely N-dealkylation sites (N-methyl/N-ethyl adjacent to an activating group) is 1. The summed E-state index contributed by atoms with van der Waals surface area (Å²) < 4.78 is 25.6. The van der Waals surface area contributed by atoms with E-state index >= 15 is 0 Å². The number of rotatable bonds is 6. The summed E-state index contributed by atoms with van der Waals surface area (Å²) >= 11 is 0. The van der Waals surface area contributed by atoms with E-state index in [0.29, 0.717) is 13.0 Å². The molecule has 0 saturated heterocycles. The highest BCUT2D eigenvalue weighted by Crippen LogP contribution is 2.24. The predicted molar refractivity (Wildman–Crippen MR) is 73.0 cm³/mol. The van der Waals surface area contributed by atoms with E-state index in [-0.39, 0.29) is 17.8 Å². The first-order valence-corrected chi connectivity index (χ1v) is 8.32. The Labute approximate surface area is 111 Å². The van der Waals surface area contributed by atoms with E-state index in [9.17, 15) is 13.5 Å². The molecule has 2 unspecified atom stereocenters. The van der Waals surface area contributed by atoms with Crippen LogP contribution in [0.5, 0.6) is 0 Å². The van der Waals surface area contributed by atoms with E-state index in [1.807, 2.05) is 13.8 Å². The summed E-state index contributed by atoms with van der Waals surface area (Å²) in [5, 5.41) is 13.0. The summed E-state index contributed by atoms with van der Waals surface area (Å²) in [6.07, 6.45) is 2.92. The number of sulfonamides is 1. The van der Waals surface area contributed by atoms with Gasteiger partial charge in [0.1, 0.15) is 0 Å². The van der Waals surface area contributed by atoms with Crippen LogP contribution < -0.4 is 5.32 Å². The van der Waals surface area contributed by atoms with E-state index in [1.54, 1.807) is 7.05 Å². The number of hydrogen-bond donors (Lipinski definition) is 2. The lowest BCUT2D eigenvalue weighted by Crippen LogP contribution is -2.48. The average molecular weight is 278 g/mol. The van der Waals surface area contributed by atoms with Crippen LogP contribution in [0.25, 0.3) is 0 Å². The largest absolute Gasteiger partial charge is 0.391 e. The van der Waals surface area contributed by atoms with E-state index in [2.05, 4.69) is 5.32 Å². The zero-order chi connectivity index (χ0) is 13.8. The number of hydrogen-bond acceptors (Lipinski definition) is 4. The summed E-state index contributed by atoms with van der Waals surface area (Å²) in [5.74, 6) is 0.0882. The second-order valence-corrected chi connectivity index (χ2v) is 7.51. The highest BCUT2D eigenvalue weighted by atomic mass is 32.2. The number of nitrogens with zero attached hydrogens (tertiary/aromatic N) is 1. The van der Waals surface area contributed by atoms with Crippen LogP contribution in [0.1, 0.15) is 39.5 Å². The first-order valence-electron chi connectivity index (χ1n) is 6.71. The van der Waals surface area contributed by atoms with Gasteiger partial charge in [-0.3, -0.25) is 0 Å². The van der Waals surface area contributed by atoms with E-state index in [1.165, 1.54) is 4.31 Å². The van der Waals surface area contributed by atoms with Crippen LogP contribution in [0.15, 0.2) is 0 Å². The van der Waals surface area contributed by atoms with Gasteiger partial charge in [0.25, 0.3) is 0 Å². The van der Waals surface area contributed by atoms with E-state index in [0.717, 1.165) is 19.3 Å². The van der Waals surface area contributed by atoms with E-state index < -0.39 is 16.1 Å². The fourth-order valence-corrected chi connectivity index (χ4v) is 3.66. The first kappa shape index (κ1) is 15.9. The third-order valence-electron chi connectivity index (χ3n) is 3.51. The lowest BCUT2D eigenvalue weighted by Gasteiger charge is -2.34. The maximum absolute atomic E-state index is 12.1. The highest BCUT2D eigenvalue weighted by molar-refractivity contribution is 7.89. The van der Waals surface area contributed by atoms with Crippen molar-refractivity contribution in [1.29, 1.82) is 0 Å². The van der Waals surface area contributed by atoms with Gasteiger partial charge < -0.3 is 10.4 Å². The molecular weight excluding hydrogens is 252 g/mol. The minimum absolute atomic E-state index is 0.0882. The second kappa shape index (κ2) is 6.84. The molecule has 6 heteroatoms. The smallest absolute Gasteiger partial charge is 0.215 e. The minimum atomic E-state index is -3.28. The molecule has 2 atom stereocenters. The molecule has 5 nitrogen and oxygen atoms in total. The van der Waals surface area contributed by atoms with Gasteiger partial charge in [-0.25, -0.2) is 8.42 Å². The van der Waals surface area contributed by atoms with Crippen LogP contribution in [0.2, 0.25) is 0 Å². The van der Waals surface area contributed by atoms with Crippen molar-refractivity contribution in [1.82, 2.24) is 9.62 Å². The molecule has 1 rings (SSSR count). The topological polar surface area (TPSA) is 69.6 Å². The Kier molecular flexibility index (Phi) is 6.04. The standard InChI is InChI=1S/C12H26N2O3S/c1-10(2)13-8-9-18(16,17)14(3)11-6-4-5-7-12(11)15/h10-13,15H,4-9H2,1-3H3. The van der Waals surface area contributed by atoms with Crippen LogP contribution in [-0.4, -0.2) is 55.4 Å². The molecule has 0 aromatic rings. The van der Waals surface area contributed by atoms with Gasteiger partial charge in [-0.15, -0.1) is 0 Å². The first-order chi connectivity index (χ1) is 8.34. The average Bonchev–Trinajstić information content (AvgIpc) is 2.28. The molecule has 0 spiro atoms. The van der Waals surface area contributed by atoms with E-state index in [4.69, 9.17) is 0 Å². The third kappa shape index (κ3) is 4.50. The Morgan fingerprint density at radius 1 is 1.33 bits per heavy atom. The van der Waals surface area contributed by atoms with Crippen LogP contribution in [0.4, 0.5) is 0 Å². The summed E-state index contributed by atoms with van der Waals surface area (Å²) in [7, 11) is -1.69. The minimum Gasteiger partial charge on any atom is -0.391 e. The molecule has 0 heterocycles. The van der Waals surface area contributed by atoms with Gasteiger partial charge in [0, 0.05) is 19.6 Å². The van der Waals surface area contributed by atoms with Gasteiger partial charge in [0.2, 0.25) is 10.0 Å². The lowest BCUT2D eigenvalue weighted by atomic mass is 9.93. The SMILES string of the molecule is CC(C)NCCS(=O)(=O)N(C)C1CCCCC1O. The van der Waals surface area contributed by atoms with Gasteiger partial charge in [-0.1, -0.05) is 26.7 Å². The van der Waals surface area contributed by atoms with Crippen molar-refractivity contribution in [2.75, 3.05) is 19.3 Å². The van der Waals surface area contributed by atoms with Gasteiger partial charge in [0.15, 0.2) is 0 Å². The molecule has 0 radical (unpaired) electrons. The molecule has 0 aromatic carbocycles. The van der Waals surface area contributed by atoms with Gasteiger partial charge in [-0.05, 0) is 12.8 Å². The Balaban J connectivity index is 2.54. The van der Waals surface area contributed by atoms with Crippen molar-refractivity contribution >= 4 is 10.0 Å². The molecule has 1 aliphatic rings. The lowest BCUT2D eigenvalue weighted by molar-refractivity contribution is 0.0638. The fraction of sp³-hybridized carbons (Fsp3) is 1.00. The Bertz CT molecular complexity index is 343. The zero-order valence-electron chi connectivity index (χ0n) is 11.6.